The van der Waals surface area contributed by atoms with E-state index in [1.54, 1.807) is 6.92 Å². The average molecular weight is 305 g/mol. The summed E-state index contributed by atoms with van der Waals surface area (Å²) in [6.07, 6.45) is -1.50. The normalized spacial score (nSPS) is 13.4. The fourth-order valence-corrected chi connectivity index (χ4v) is 1.94. The molecule has 0 aliphatic rings. The molecule has 0 radical (unpaired) electrons. The first-order valence-electron chi connectivity index (χ1n) is 6.88. The lowest BCUT2D eigenvalue weighted by Gasteiger charge is -2.17. The maximum Gasteiger partial charge on any atom is 0.407 e. The SMILES string of the molecule is Cc1[nH]ncc1C(O)C(O)CNC(=O)OCc1ccccc1. The number of hydrogen-bond acceptors (Lipinski definition) is 5. The molecule has 0 saturated carbocycles. The molecule has 0 bridgehead atoms. The highest BCUT2D eigenvalue weighted by Crippen LogP contribution is 2.18. The summed E-state index contributed by atoms with van der Waals surface area (Å²) in [6, 6.07) is 9.26. The third kappa shape index (κ3) is 4.31. The molecular weight excluding hydrogens is 286 g/mol. The van der Waals surface area contributed by atoms with Crippen LogP contribution in [0.25, 0.3) is 0 Å². The highest BCUT2D eigenvalue weighted by atomic mass is 16.5. The van der Waals surface area contributed by atoms with E-state index in [4.69, 9.17) is 4.74 Å². The molecule has 1 aromatic carbocycles. The van der Waals surface area contributed by atoms with Crippen molar-refractivity contribution in [1.82, 2.24) is 15.5 Å². The molecular formula is C15H19N3O4. The minimum atomic E-state index is -1.15. The first kappa shape index (κ1) is 16.0. The van der Waals surface area contributed by atoms with Crippen molar-refractivity contribution >= 4 is 6.09 Å². The van der Waals surface area contributed by atoms with Crippen molar-refractivity contribution in [2.75, 3.05) is 6.54 Å². The number of hydrogen-bond donors (Lipinski definition) is 4. The molecule has 2 rings (SSSR count). The van der Waals surface area contributed by atoms with Crippen molar-refractivity contribution in [2.24, 2.45) is 0 Å². The molecule has 2 aromatic rings. The summed E-state index contributed by atoms with van der Waals surface area (Å²) in [5.74, 6) is 0. The average Bonchev–Trinajstić information content (AvgIpc) is 2.96. The van der Waals surface area contributed by atoms with Crippen LogP contribution in [0, 0.1) is 6.92 Å². The van der Waals surface area contributed by atoms with Gasteiger partial charge in [0.05, 0.1) is 6.20 Å². The molecule has 118 valence electrons. The molecule has 0 saturated heterocycles. The zero-order valence-electron chi connectivity index (χ0n) is 12.2. The number of amides is 1. The van der Waals surface area contributed by atoms with Crippen LogP contribution in [0.4, 0.5) is 4.79 Å². The van der Waals surface area contributed by atoms with E-state index in [1.807, 2.05) is 30.3 Å². The lowest BCUT2D eigenvalue weighted by atomic mass is 10.1. The lowest BCUT2D eigenvalue weighted by Crippen LogP contribution is -2.35. The van der Waals surface area contributed by atoms with E-state index in [9.17, 15) is 15.0 Å². The van der Waals surface area contributed by atoms with Crippen LogP contribution >= 0.6 is 0 Å². The first-order valence-corrected chi connectivity index (χ1v) is 6.88. The molecule has 0 aliphatic heterocycles. The number of alkyl carbamates (subject to hydrolysis) is 1. The Bertz CT molecular complexity index is 600. The van der Waals surface area contributed by atoms with Gasteiger partial charge in [0.1, 0.15) is 18.8 Å². The number of benzene rings is 1. The van der Waals surface area contributed by atoms with Crippen LogP contribution < -0.4 is 5.32 Å². The van der Waals surface area contributed by atoms with Crippen LogP contribution in [0.5, 0.6) is 0 Å². The molecule has 7 heteroatoms. The molecule has 4 N–H and O–H groups in total. The summed E-state index contributed by atoms with van der Waals surface area (Å²) in [4.78, 5) is 11.6. The van der Waals surface area contributed by atoms with Gasteiger partial charge < -0.3 is 20.3 Å². The fraction of sp³-hybridized carbons (Fsp3) is 0.333. The number of nitrogens with one attached hydrogen (secondary N) is 2. The molecule has 1 amide bonds. The van der Waals surface area contributed by atoms with Crippen molar-refractivity contribution in [3.63, 3.8) is 0 Å². The Balaban J connectivity index is 1.75. The molecule has 1 heterocycles. The quantitative estimate of drug-likeness (QED) is 0.638. The molecule has 0 fully saturated rings. The second-order valence-corrected chi connectivity index (χ2v) is 4.91. The van der Waals surface area contributed by atoms with Gasteiger partial charge in [-0.2, -0.15) is 5.10 Å². The van der Waals surface area contributed by atoms with Gasteiger partial charge in [0.15, 0.2) is 0 Å². The van der Waals surface area contributed by atoms with E-state index in [2.05, 4.69) is 15.5 Å². The number of carbonyl (C=O) groups excluding carboxylic acids is 1. The first-order chi connectivity index (χ1) is 10.6. The second-order valence-electron chi connectivity index (χ2n) is 4.91. The van der Waals surface area contributed by atoms with Crippen LogP contribution in [0.3, 0.4) is 0 Å². The predicted octanol–water partition coefficient (Wildman–Crippen LogP) is 1.04. The molecule has 22 heavy (non-hydrogen) atoms. The highest BCUT2D eigenvalue weighted by molar-refractivity contribution is 5.67. The molecule has 0 spiro atoms. The number of aliphatic hydroxyl groups excluding tert-OH is 2. The number of carbonyl (C=O) groups is 1. The predicted molar refractivity (Wildman–Crippen MR) is 78.9 cm³/mol. The summed E-state index contributed by atoms with van der Waals surface area (Å²) >= 11 is 0. The number of aromatic nitrogens is 2. The second kappa shape index (κ2) is 7.58. The Kier molecular flexibility index (Phi) is 5.51. The topological polar surface area (TPSA) is 107 Å². The third-order valence-electron chi connectivity index (χ3n) is 3.22. The third-order valence-corrected chi connectivity index (χ3v) is 3.22. The van der Waals surface area contributed by atoms with Gasteiger partial charge in [-0.3, -0.25) is 5.10 Å². The van der Waals surface area contributed by atoms with Gasteiger partial charge in [0, 0.05) is 17.8 Å². The number of rotatable bonds is 6. The highest BCUT2D eigenvalue weighted by Gasteiger charge is 2.22. The summed E-state index contributed by atoms with van der Waals surface area (Å²) in [5, 5.41) is 28.7. The van der Waals surface area contributed by atoms with Crippen LogP contribution in [-0.2, 0) is 11.3 Å². The fourth-order valence-electron chi connectivity index (χ4n) is 1.94. The molecule has 1 aromatic heterocycles. The maximum atomic E-state index is 11.6. The van der Waals surface area contributed by atoms with Gasteiger partial charge in [0.25, 0.3) is 0 Å². The van der Waals surface area contributed by atoms with Gasteiger partial charge in [-0.15, -0.1) is 0 Å². The van der Waals surface area contributed by atoms with Gasteiger partial charge in [-0.05, 0) is 12.5 Å². The minimum absolute atomic E-state index is 0.126. The lowest BCUT2D eigenvalue weighted by molar-refractivity contribution is 0.0180. The summed E-state index contributed by atoms with van der Waals surface area (Å²) in [5.41, 5.74) is 2.03. The number of ether oxygens (including phenoxy) is 1. The number of aryl methyl sites for hydroxylation is 1. The maximum absolute atomic E-state index is 11.6. The standard InChI is InChI=1S/C15H19N3O4/c1-10-12(7-17-18-10)14(20)13(19)8-16-15(21)22-9-11-5-3-2-4-6-11/h2-7,13-14,19-20H,8-9H2,1H3,(H,16,21)(H,17,18). The van der Waals surface area contributed by atoms with Crippen molar-refractivity contribution in [2.45, 2.75) is 25.7 Å². The van der Waals surface area contributed by atoms with Crippen LogP contribution in [0.2, 0.25) is 0 Å². The van der Waals surface area contributed by atoms with E-state index in [0.29, 0.717) is 11.3 Å². The van der Waals surface area contributed by atoms with Gasteiger partial charge in [0.2, 0.25) is 0 Å². The van der Waals surface area contributed by atoms with Crippen LogP contribution in [0.1, 0.15) is 22.9 Å². The Morgan fingerprint density at radius 2 is 2.09 bits per heavy atom. The van der Waals surface area contributed by atoms with Crippen molar-refractivity contribution in [3.05, 3.63) is 53.3 Å². The number of aliphatic hydroxyl groups is 2. The minimum Gasteiger partial charge on any atom is -0.445 e. The van der Waals surface area contributed by atoms with Gasteiger partial charge in [-0.1, -0.05) is 30.3 Å². The zero-order chi connectivity index (χ0) is 15.9. The Morgan fingerprint density at radius 1 is 1.36 bits per heavy atom. The summed E-state index contributed by atoms with van der Waals surface area (Å²) < 4.78 is 5.01. The van der Waals surface area contributed by atoms with Crippen molar-refractivity contribution < 1.29 is 19.7 Å². The number of aromatic amines is 1. The van der Waals surface area contributed by atoms with Crippen LogP contribution in [-0.4, -0.2) is 39.2 Å². The molecule has 0 aliphatic carbocycles. The molecule has 2 unspecified atom stereocenters. The Hall–Kier alpha value is -2.38. The van der Waals surface area contributed by atoms with Gasteiger partial charge >= 0.3 is 6.09 Å². The van der Waals surface area contributed by atoms with Crippen molar-refractivity contribution in [3.8, 4) is 0 Å². The van der Waals surface area contributed by atoms with Gasteiger partial charge in [-0.25, -0.2) is 4.79 Å². The number of nitrogens with zero attached hydrogens (tertiary/aromatic N) is 1. The van der Waals surface area contributed by atoms with E-state index in [-0.39, 0.29) is 13.2 Å². The Labute approximate surface area is 127 Å². The number of H-pyrrole nitrogens is 1. The summed E-state index contributed by atoms with van der Waals surface area (Å²) in [6.45, 7) is 1.76. The summed E-state index contributed by atoms with van der Waals surface area (Å²) in [7, 11) is 0. The molecule has 7 nitrogen and oxygen atoms in total. The van der Waals surface area contributed by atoms with Crippen molar-refractivity contribution in [1.29, 1.82) is 0 Å². The van der Waals surface area contributed by atoms with Crippen LogP contribution in [0.15, 0.2) is 36.5 Å². The van der Waals surface area contributed by atoms with E-state index < -0.39 is 18.3 Å². The molecule has 2 atom stereocenters. The zero-order valence-corrected chi connectivity index (χ0v) is 12.2. The Morgan fingerprint density at radius 3 is 2.73 bits per heavy atom. The smallest absolute Gasteiger partial charge is 0.407 e. The monoisotopic (exact) mass is 305 g/mol. The largest absolute Gasteiger partial charge is 0.445 e. The van der Waals surface area contributed by atoms with E-state index in [0.717, 1.165) is 5.56 Å². The van der Waals surface area contributed by atoms with E-state index in [1.165, 1.54) is 6.20 Å². The van der Waals surface area contributed by atoms with E-state index >= 15 is 0 Å².